The van der Waals surface area contributed by atoms with Gasteiger partial charge >= 0.3 is 0 Å². The van der Waals surface area contributed by atoms with Gasteiger partial charge in [-0.2, -0.15) is 0 Å². The van der Waals surface area contributed by atoms with Gasteiger partial charge in [-0.3, -0.25) is 11.3 Å². The molecule has 0 aromatic carbocycles. The molecule has 19 heavy (non-hydrogen) atoms. The molecule has 1 atom stereocenters. The van der Waals surface area contributed by atoms with Crippen LogP contribution in [-0.4, -0.2) is 6.04 Å². The summed E-state index contributed by atoms with van der Waals surface area (Å²) in [7, 11) is 0. The van der Waals surface area contributed by atoms with Crippen molar-refractivity contribution in [2.45, 2.75) is 96.4 Å². The lowest BCUT2D eigenvalue weighted by molar-refractivity contribution is 0.429. The van der Waals surface area contributed by atoms with Crippen LogP contribution in [0.5, 0.6) is 0 Å². The minimum absolute atomic E-state index is 0.504. The van der Waals surface area contributed by atoms with E-state index in [1.165, 1.54) is 77.0 Å². The first-order valence-electron chi connectivity index (χ1n) is 8.42. The van der Waals surface area contributed by atoms with Gasteiger partial charge < -0.3 is 0 Å². The number of hydrogen-bond donors (Lipinski definition) is 2. The van der Waals surface area contributed by atoms with E-state index in [-0.39, 0.29) is 0 Å². The molecule has 3 N–H and O–H groups in total. The smallest absolute Gasteiger partial charge is 0.0210 e. The maximum absolute atomic E-state index is 5.59. The van der Waals surface area contributed by atoms with E-state index in [1.54, 1.807) is 0 Å². The second kappa shape index (κ2) is 15.7. The fourth-order valence-corrected chi connectivity index (χ4v) is 2.52. The quantitative estimate of drug-likeness (QED) is 0.188. The Morgan fingerprint density at radius 2 is 1.42 bits per heavy atom. The van der Waals surface area contributed by atoms with E-state index in [0.717, 1.165) is 6.42 Å². The first-order valence-corrected chi connectivity index (χ1v) is 8.42. The van der Waals surface area contributed by atoms with Gasteiger partial charge in [0.05, 0.1) is 0 Å². The number of rotatable bonds is 15. The Morgan fingerprint density at radius 3 is 1.95 bits per heavy atom. The van der Waals surface area contributed by atoms with Gasteiger partial charge in [0.1, 0.15) is 0 Å². The molecule has 0 heterocycles. The largest absolute Gasteiger partial charge is 0.271 e. The van der Waals surface area contributed by atoms with Crippen LogP contribution in [-0.2, 0) is 0 Å². The third kappa shape index (κ3) is 13.9. The highest BCUT2D eigenvalue weighted by atomic mass is 15.2. The molecule has 0 aromatic rings. The topological polar surface area (TPSA) is 38.0 Å². The number of unbranched alkanes of at least 4 members (excludes halogenated alkanes) is 9. The van der Waals surface area contributed by atoms with Crippen LogP contribution in [0.25, 0.3) is 0 Å². The van der Waals surface area contributed by atoms with Crippen molar-refractivity contribution < 1.29 is 0 Å². The average molecular weight is 268 g/mol. The molecular weight excluding hydrogens is 232 g/mol. The zero-order valence-corrected chi connectivity index (χ0v) is 13.1. The molecule has 0 aliphatic carbocycles. The van der Waals surface area contributed by atoms with Crippen LogP contribution in [0, 0.1) is 0 Å². The molecule has 0 aromatic heterocycles. The van der Waals surface area contributed by atoms with Crippen molar-refractivity contribution in [1.29, 1.82) is 0 Å². The van der Waals surface area contributed by atoms with Crippen LogP contribution in [0.1, 0.15) is 90.4 Å². The van der Waals surface area contributed by atoms with E-state index in [1.807, 2.05) is 6.08 Å². The fourth-order valence-electron chi connectivity index (χ4n) is 2.52. The molecule has 1 unspecified atom stereocenters. The van der Waals surface area contributed by atoms with Crippen LogP contribution < -0.4 is 11.3 Å². The molecule has 0 spiro atoms. The van der Waals surface area contributed by atoms with Crippen molar-refractivity contribution in [3.05, 3.63) is 12.7 Å². The van der Waals surface area contributed by atoms with Crippen LogP contribution in [0.4, 0.5) is 0 Å². The monoisotopic (exact) mass is 268 g/mol. The zero-order valence-electron chi connectivity index (χ0n) is 13.1. The lowest BCUT2D eigenvalue weighted by atomic mass is 10.0. The van der Waals surface area contributed by atoms with E-state index < -0.39 is 0 Å². The predicted molar refractivity (Wildman–Crippen MR) is 87.0 cm³/mol. The molecule has 0 aliphatic rings. The highest BCUT2D eigenvalue weighted by Crippen LogP contribution is 2.13. The van der Waals surface area contributed by atoms with Crippen LogP contribution in [0.2, 0.25) is 0 Å². The number of hydrazine groups is 1. The van der Waals surface area contributed by atoms with Gasteiger partial charge in [0.25, 0.3) is 0 Å². The van der Waals surface area contributed by atoms with Crippen molar-refractivity contribution in [3.63, 3.8) is 0 Å². The highest BCUT2D eigenvalue weighted by Gasteiger charge is 2.04. The molecule has 2 heteroatoms. The van der Waals surface area contributed by atoms with Crippen LogP contribution in [0.15, 0.2) is 12.7 Å². The lowest BCUT2D eigenvalue weighted by Crippen LogP contribution is -2.34. The molecule has 0 amide bonds. The normalized spacial score (nSPS) is 12.5. The van der Waals surface area contributed by atoms with Gasteiger partial charge in [0.2, 0.25) is 0 Å². The average Bonchev–Trinajstić information content (AvgIpc) is 2.43. The zero-order chi connectivity index (χ0) is 14.2. The molecule has 0 rings (SSSR count). The molecule has 0 bridgehead atoms. The standard InChI is InChI=1S/C17H36N2/c1-3-5-7-8-9-10-11-12-14-16-17(19-18)15-13-6-4-2/h4,17,19H,2-3,5-16,18H2,1H3. The van der Waals surface area contributed by atoms with Gasteiger partial charge in [-0.15, -0.1) is 6.58 Å². The van der Waals surface area contributed by atoms with Crippen molar-refractivity contribution in [1.82, 2.24) is 5.43 Å². The van der Waals surface area contributed by atoms with Crippen molar-refractivity contribution in [3.8, 4) is 0 Å². The Kier molecular flexibility index (Phi) is 15.4. The summed E-state index contributed by atoms with van der Waals surface area (Å²) in [6.45, 7) is 6.03. The minimum Gasteiger partial charge on any atom is -0.271 e. The summed E-state index contributed by atoms with van der Waals surface area (Å²) >= 11 is 0. The summed E-state index contributed by atoms with van der Waals surface area (Å²) in [6.07, 6.45) is 19.3. The molecule has 0 fully saturated rings. The third-order valence-electron chi connectivity index (χ3n) is 3.85. The second-order valence-corrected chi connectivity index (χ2v) is 5.70. The van der Waals surface area contributed by atoms with E-state index >= 15 is 0 Å². The first kappa shape index (κ1) is 18.7. The maximum atomic E-state index is 5.59. The lowest BCUT2D eigenvalue weighted by Gasteiger charge is -2.15. The van der Waals surface area contributed by atoms with Crippen molar-refractivity contribution in [2.24, 2.45) is 5.84 Å². The summed E-state index contributed by atoms with van der Waals surface area (Å²) in [4.78, 5) is 0. The van der Waals surface area contributed by atoms with E-state index in [2.05, 4.69) is 18.9 Å². The maximum Gasteiger partial charge on any atom is 0.0210 e. The number of hydrogen-bond acceptors (Lipinski definition) is 2. The van der Waals surface area contributed by atoms with Crippen LogP contribution in [0.3, 0.4) is 0 Å². The number of nitrogens with one attached hydrogen (secondary N) is 1. The van der Waals surface area contributed by atoms with E-state index in [9.17, 15) is 0 Å². The minimum atomic E-state index is 0.504. The molecule has 0 aliphatic heterocycles. The Labute approximate surface area is 121 Å². The number of allylic oxidation sites excluding steroid dienone is 1. The van der Waals surface area contributed by atoms with Gasteiger partial charge in [0.15, 0.2) is 0 Å². The van der Waals surface area contributed by atoms with Crippen LogP contribution >= 0.6 is 0 Å². The Morgan fingerprint density at radius 1 is 0.895 bits per heavy atom. The SMILES string of the molecule is C=CCCCC(CCCCCCCCCCC)NN. The summed E-state index contributed by atoms with van der Waals surface area (Å²) in [6, 6.07) is 0.504. The van der Waals surface area contributed by atoms with E-state index in [0.29, 0.717) is 6.04 Å². The predicted octanol–water partition coefficient (Wildman–Crippen LogP) is 5.10. The van der Waals surface area contributed by atoms with Crippen molar-refractivity contribution >= 4 is 0 Å². The summed E-state index contributed by atoms with van der Waals surface area (Å²) in [5, 5.41) is 0. The van der Waals surface area contributed by atoms with Gasteiger partial charge in [-0.05, 0) is 25.7 Å². The first-order chi connectivity index (χ1) is 9.35. The summed E-state index contributed by atoms with van der Waals surface area (Å²) in [5.74, 6) is 5.59. The number of nitrogens with two attached hydrogens (primary N) is 1. The second-order valence-electron chi connectivity index (χ2n) is 5.70. The molecule has 0 saturated carbocycles. The Bertz CT molecular complexity index is 180. The van der Waals surface area contributed by atoms with Crippen molar-refractivity contribution in [2.75, 3.05) is 0 Å². The summed E-state index contributed by atoms with van der Waals surface area (Å²) < 4.78 is 0. The fraction of sp³-hybridized carbons (Fsp3) is 0.882. The van der Waals surface area contributed by atoms with Gasteiger partial charge in [-0.25, -0.2) is 0 Å². The van der Waals surface area contributed by atoms with Gasteiger partial charge in [0, 0.05) is 6.04 Å². The third-order valence-corrected chi connectivity index (χ3v) is 3.85. The molecular formula is C17H36N2. The van der Waals surface area contributed by atoms with E-state index in [4.69, 9.17) is 5.84 Å². The molecule has 114 valence electrons. The molecule has 0 radical (unpaired) electrons. The molecule has 0 saturated heterocycles. The highest BCUT2D eigenvalue weighted by molar-refractivity contribution is 4.70. The summed E-state index contributed by atoms with van der Waals surface area (Å²) in [5.41, 5.74) is 2.95. The molecule has 2 nitrogen and oxygen atoms in total. The Balaban J connectivity index is 3.24. The Hall–Kier alpha value is -0.340. The van der Waals surface area contributed by atoms with Gasteiger partial charge in [-0.1, -0.05) is 70.8 Å².